The number of nitrogens with zero attached hydrogens (tertiary/aromatic N) is 1. The third-order valence-corrected chi connectivity index (χ3v) is 7.53. The lowest BCUT2D eigenvalue weighted by Crippen LogP contribution is -2.47. The minimum Gasteiger partial charge on any atom is -0.395 e. The van der Waals surface area contributed by atoms with Gasteiger partial charge in [-0.15, -0.1) is 0 Å². The second-order valence-electron chi connectivity index (χ2n) is 9.88. The summed E-state index contributed by atoms with van der Waals surface area (Å²) in [6, 6.07) is 8.00. The minimum absolute atomic E-state index is 0.0228. The second-order valence-corrected chi connectivity index (χ2v) is 9.88. The summed E-state index contributed by atoms with van der Waals surface area (Å²) in [6.07, 6.45) is -1.41. The van der Waals surface area contributed by atoms with Gasteiger partial charge < -0.3 is 15.1 Å². The molecule has 0 aliphatic heterocycles. The SMILES string of the molecule is C[C@](O)(c1ccc(C(=O)N(C2CC2)[C@H]2CC[C@](CO)(c3ccc(F)cc3F)CC2)cc1)C(F)(F)F. The first-order valence-electron chi connectivity index (χ1n) is 11.7. The molecule has 2 aliphatic rings. The largest absolute Gasteiger partial charge is 0.421 e. The molecule has 0 heterocycles. The smallest absolute Gasteiger partial charge is 0.395 e. The Morgan fingerprint density at radius 3 is 2.06 bits per heavy atom. The quantitative estimate of drug-likeness (QED) is 0.539. The molecule has 1 atom stereocenters. The van der Waals surface area contributed by atoms with E-state index in [1.807, 2.05) is 0 Å². The van der Waals surface area contributed by atoms with Crippen LogP contribution in [-0.2, 0) is 11.0 Å². The molecule has 1 amide bonds. The van der Waals surface area contributed by atoms with E-state index in [-0.39, 0.29) is 41.3 Å². The predicted molar refractivity (Wildman–Crippen MR) is 119 cm³/mol. The van der Waals surface area contributed by atoms with E-state index in [0.29, 0.717) is 32.6 Å². The predicted octanol–water partition coefficient (Wildman–Crippen LogP) is 5.21. The van der Waals surface area contributed by atoms with Gasteiger partial charge in [-0.1, -0.05) is 18.2 Å². The summed E-state index contributed by atoms with van der Waals surface area (Å²) >= 11 is 0. The lowest BCUT2D eigenvalue weighted by molar-refractivity contribution is -0.258. The highest BCUT2D eigenvalue weighted by Crippen LogP contribution is 2.44. The first-order chi connectivity index (χ1) is 16.4. The molecule has 190 valence electrons. The Labute approximate surface area is 200 Å². The average molecular weight is 498 g/mol. The molecule has 35 heavy (non-hydrogen) atoms. The molecule has 2 aromatic rings. The summed E-state index contributed by atoms with van der Waals surface area (Å²) < 4.78 is 67.3. The van der Waals surface area contributed by atoms with Gasteiger partial charge in [0, 0.05) is 29.1 Å². The Balaban J connectivity index is 1.52. The van der Waals surface area contributed by atoms with Crippen LogP contribution in [-0.4, -0.2) is 45.9 Å². The number of carbonyl (C=O) groups is 1. The first-order valence-corrected chi connectivity index (χ1v) is 11.7. The number of benzene rings is 2. The molecule has 0 aromatic heterocycles. The maximum absolute atomic E-state index is 14.5. The molecule has 2 saturated carbocycles. The van der Waals surface area contributed by atoms with Crippen molar-refractivity contribution in [3.8, 4) is 0 Å². The van der Waals surface area contributed by atoms with E-state index in [2.05, 4.69) is 0 Å². The number of aliphatic hydroxyl groups excluding tert-OH is 1. The van der Waals surface area contributed by atoms with Crippen LogP contribution in [0.2, 0.25) is 0 Å². The van der Waals surface area contributed by atoms with Gasteiger partial charge in [0.05, 0.1) is 6.61 Å². The van der Waals surface area contributed by atoms with E-state index in [9.17, 15) is 37.0 Å². The Kier molecular flexibility index (Phi) is 6.70. The number of rotatable bonds is 6. The zero-order valence-electron chi connectivity index (χ0n) is 19.3. The van der Waals surface area contributed by atoms with Crippen LogP contribution < -0.4 is 0 Å². The molecule has 9 heteroatoms. The van der Waals surface area contributed by atoms with E-state index in [0.717, 1.165) is 31.0 Å². The molecular weight excluding hydrogens is 469 g/mol. The molecule has 4 rings (SSSR count). The fourth-order valence-corrected chi connectivity index (χ4v) is 5.10. The topological polar surface area (TPSA) is 60.8 Å². The normalized spacial score (nSPS) is 24.6. The maximum atomic E-state index is 14.5. The van der Waals surface area contributed by atoms with Gasteiger partial charge in [0.1, 0.15) is 11.6 Å². The third-order valence-electron chi connectivity index (χ3n) is 7.53. The van der Waals surface area contributed by atoms with Crippen molar-refractivity contribution < 1.29 is 37.0 Å². The highest BCUT2D eigenvalue weighted by atomic mass is 19.4. The average Bonchev–Trinajstić information content (AvgIpc) is 3.64. The van der Waals surface area contributed by atoms with Gasteiger partial charge in [-0.25, -0.2) is 8.78 Å². The van der Waals surface area contributed by atoms with E-state index >= 15 is 0 Å². The van der Waals surface area contributed by atoms with E-state index in [1.54, 1.807) is 4.90 Å². The van der Waals surface area contributed by atoms with E-state index in [4.69, 9.17) is 0 Å². The molecule has 0 bridgehead atoms. The Morgan fingerprint density at radius 1 is 1.00 bits per heavy atom. The van der Waals surface area contributed by atoms with E-state index < -0.39 is 28.8 Å². The zero-order valence-corrected chi connectivity index (χ0v) is 19.3. The van der Waals surface area contributed by atoms with Crippen molar-refractivity contribution in [1.29, 1.82) is 0 Å². The molecule has 2 aliphatic carbocycles. The standard InChI is InChI=1S/C26H28F5NO3/c1-24(35,26(29,30)31)17-4-2-16(3-5-17)23(34)32(19-7-8-19)20-10-12-25(15-33,13-11-20)21-9-6-18(27)14-22(21)28/h2-6,9,14,19-20,33,35H,7-8,10-13,15H2,1H3/t20-,24-,25-/m0/s1. The van der Waals surface area contributed by atoms with Crippen molar-refractivity contribution in [3.05, 3.63) is 70.8 Å². The molecular formula is C26H28F5NO3. The molecule has 4 nitrogen and oxygen atoms in total. The first kappa shape index (κ1) is 25.6. The molecule has 2 N–H and O–H groups in total. The number of alkyl halides is 3. The van der Waals surface area contributed by atoms with Gasteiger partial charge in [-0.2, -0.15) is 13.2 Å². The van der Waals surface area contributed by atoms with Gasteiger partial charge >= 0.3 is 6.18 Å². The molecule has 2 aromatic carbocycles. The lowest BCUT2D eigenvalue weighted by Gasteiger charge is -2.43. The number of hydrogen-bond donors (Lipinski definition) is 2. The van der Waals surface area contributed by atoms with Crippen LogP contribution in [0.15, 0.2) is 42.5 Å². The Morgan fingerprint density at radius 2 is 1.57 bits per heavy atom. The zero-order chi connectivity index (χ0) is 25.6. The summed E-state index contributed by atoms with van der Waals surface area (Å²) in [5, 5.41) is 20.0. The highest BCUT2D eigenvalue weighted by molar-refractivity contribution is 5.95. The van der Waals surface area contributed by atoms with Crippen LogP contribution in [0.1, 0.15) is 66.9 Å². The van der Waals surface area contributed by atoms with Crippen LogP contribution in [0.3, 0.4) is 0 Å². The van der Waals surface area contributed by atoms with Crippen LogP contribution >= 0.6 is 0 Å². The Hall–Kier alpha value is -2.52. The lowest BCUT2D eigenvalue weighted by atomic mass is 9.68. The molecule has 0 saturated heterocycles. The van der Waals surface area contributed by atoms with Gasteiger partial charge in [-0.05, 0) is 74.8 Å². The number of hydrogen-bond acceptors (Lipinski definition) is 3. The number of halogens is 5. The molecule has 2 fully saturated rings. The third kappa shape index (κ3) is 4.80. The van der Waals surface area contributed by atoms with Crippen LogP contribution in [0, 0.1) is 11.6 Å². The number of aliphatic hydroxyl groups is 2. The van der Waals surface area contributed by atoms with Crippen LogP contribution in [0.25, 0.3) is 0 Å². The van der Waals surface area contributed by atoms with Gasteiger partial charge in [0.15, 0.2) is 5.60 Å². The molecule has 0 spiro atoms. The van der Waals surface area contributed by atoms with Crippen molar-refractivity contribution in [3.63, 3.8) is 0 Å². The second kappa shape index (κ2) is 9.17. The van der Waals surface area contributed by atoms with E-state index in [1.165, 1.54) is 24.3 Å². The monoisotopic (exact) mass is 497 g/mol. The molecule has 0 radical (unpaired) electrons. The van der Waals surface area contributed by atoms with Crippen LogP contribution in [0.5, 0.6) is 0 Å². The van der Waals surface area contributed by atoms with Crippen molar-refractivity contribution in [2.24, 2.45) is 0 Å². The van der Waals surface area contributed by atoms with Crippen molar-refractivity contribution in [2.45, 2.75) is 74.7 Å². The maximum Gasteiger partial charge on any atom is 0.421 e. The summed E-state index contributed by atoms with van der Waals surface area (Å²) in [5.41, 5.74) is -3.76. The Bertz CT molecular complexity index is 1070. The summed E-state index contributed by atoms with van der Waals surface area (Å²) in [5.74, 6) is -1.70. The summed E-state index contributed by atoms with van der Waals surface area (Å²) in [7, 11) is 0. The van der Waals surface area contributed by atoms with Gasteiger partial charge in [0.25, 0.3) is 5.91 Å². The van der Waals surface area contributed by atoms with Crippen molar-refractivity contribution in [1.82, 2.24) is 4.90 Å². The fraction of sp³-hybridized carbons (Fsp3) is 0.500. The van der Waals surface area contributed by atoms with Crippen LogP contribution in [0.4, 0.5) is 22.0 Å². The fourth-order valence-electron chi connectivity index (χ4n) is 5.10. The summed E-state index contributed by atoms with van der Waals surface area (Å²) in [6.45, 7) is 0.361. The van der Waals surface area contributed by atoms with Crippen molar-refractivity contribution >= 4 is 5.91 Å². The minimum atomic E-state index is -4.86. The number of carbonyl (C=O) groups excluding carboxylic acids is 1. The van der Waals surface area contributed by atoms with Gasteiger partial charge in [-0.3, -0.25) is 4.79 Å². The van der Waals surface area contributed by atoms with Crippen molar-refractivity contribution in [2.75, 3.05) is 6.61 Å². The highest BCUT2D eigenvalue weighted by Gasteiger charge is 2.51. The van der Waals surface area contributed by atoms with Gasteiger partial charge in [0.2, 0.25) is 0 Å². The summed E-state index contributed by atoms with van der Waals surface area (Å²) in [4.78, 5) is 15.1. The number of amides is 1. The molecule has 0 unspecified atom stereocenters.